The molecule has 1 atom stereocenters. The second-order valence-electron chi connectivity index (χ2n) is 4.28. The molecule has 15 heavy (non-hydrogen) atoms. The average molecular weight is 208 g/mol. The van der Waals surface area contributed by atoms with Crippen molar-refractivity contribution in [2.45, 2.75) is 33.3 Å². The van der Waals surface area contributed by atoms with Crippen molar-refractivity contribution in [2.75, 3.05) is 12.8 Å². The number of aromatic nitrogens is 1. The lowest BCUT2D eigenvalue weighted by molar-refractivity contribution is 0.119. The van der Waals surface area contributed by atoms with Crippen LogP contribution in [0.1, 0.15) is 38.0 Å². The van der Waals surface area contributed by atoms with E-state index in [9.17, 15) is 0 Å². The molecule has 0 spiro atoms. The van der Waals surface area contributed by atoms with Gasteiger partial charge in [0.2, 0.25) is 0 Å². The largest absolute Gasteiger partial charge is 0.397 e. The molecule has 3 nitrogen and oxygen atoms in total. The van der Waals surface area contributed by atoms with Gasteiger partial charge in [0.05, 0.1) is 18.0 Å². The summed E-state index contributed by atoms with van der Waals surface area (Å²) in [6.45, 7) is 6.38. The molecule has 1 aromatic rings. The number of ether oxygens (including phenoxy) is 1. The number of rotatable bonds is 4. The van der Waals surface area contributed by atoms with Gasteiger partial charge >= 0.3 is 0 Å². The zero-order valence-corrected chi connectivity index (χ0v) is 9.95. The van der Waals surface area contributed by atoms with Crippen LogP contribution in [0.4, 0.5) is 5.69 Å². The molecule has 0 aromatic carbocycles. The van der Waals surface area contributed by atoms with E-state index in [1.807, 2.05) is 13.1 Å². The van der Waals surface area contributed by atoms with Crippen molar-refractivity contribution in [3.63, 3.8) is 0 Å². The molecular weight excluding hydrogens is 188 g/mol. The molecule has 84 valence electrons. The van der Waals surface area contributed by atoms with Crippen molar-refractivity contribution in [1.82, 2.24) is 4.98 Å². The van der Waals surface area contributed by atoms with Crippen LogP contribution in [-0.2, 0) is 11.2 Å². The van der Waals surface area contributed by atoms with Gasteiger partial charge in [-0.2, -0.15) is 0 Å². The van der Waals surface area contributed by atoms with Crippen molar-refractivity contribution < 1.29 is 4.74 Å². The number of nitrogen functional groups attached to an aromatic ring is 1. The molecule has 0 amide bonds. The first kappa shape index (κ1) is 12.0. The summed E-state index contributed by atoms with van der Waals surface area (Å²) < 4.78 is 5.33. The fourth-order valence-corrected chi connectivity index (χ4v) is 1.75. The van der Waals surface area contributed by atoms with Gasteiger partial charge in [-0.3, -0.25) is 4.98 Å². The Hall–Kier alpha value is -1.09. The third-order valence-corrected chi connectivity index (χ3v) is 2.49. The molecule has 0 radical (unpaired) electrons. The van der Waals surface area contributed by atoms with E-state index < -0.39 is 0 Å². The number of methoxy groups -OCH3 is 1. The molecule has 0 saturated carbocycles. The predicted molar refractivity (Wildman–Crippen MR) is 62.6 cm³/mol. The number of anilines is 1. The molecule has 0 aliphatic heterocycles. The van der Waals surface area contributed by atoms with Crippen molar-refractivity contribution in [2.24, 2.45) is 5.92 Å². The Bertz CT molecular complexity index is 323. The van der Waals surface area contributed by atoms with E-state index in [0.717, 1.165) is 17.7 Å². The fraction of sp³-hybridized carbons (Fsp3) is 0.583. The summed E-state index contributed by atoms with van der Waals surface area (Å²) >= 11 is 0. The van der Waals surface area contributed by atoms with E-state index in [1.54, 1.807) is 13.3 Å². The van der Waals surface area contributed by atoms with Crippen LogP contribution >= 0.6 is 0 Å². The summed E-state index contributed by atoms with van der Waals surface area (Å²) in [7, 11) is 1.70. The quantitative estimate of drug-likeness (QED) is 0.827. The lowest BCUT2D eigenvalue weighted by Crippen LogP contribution is -2.08. The number of pyridine rings is 1. The average Bonchev–Trinajstić information content (AvgIpc) is 2.16. The summed E-state index contributed by atoms with van der Waals surface area (Å²) in [6, 6.07) is 0. The van der Waals surface area contributed by atoms with Gasteiger partial charge in [-0.1, -0.05) is 13.8 Å². The van der Waals surface area contributed by atoms with Crippen molar-refractivity contribution >= 4 is 5.69 Å². The van der Waals surface area contributed by atoms with E-state index in [4.69, 9.17) is 10.5 Å². The second kappa shape index (κ2) is 5.12. The summed E-state index contributed by atoms with van der Waals surface area (Å²) in [5, 5.41) is 0. The van der Waals surface area contributed by atoms with Gasteiger partial charge < -0.3 is 10.5 Å². The van der Waals surface area contributed by atoms with Gasteiger partial charge in [0.25, 0.3) is 0 Å². The molecule has 1 rings (SSSR count). The maximum absolute atomic E-state index is 5.93. The van der Waals surface area contributed by atoms with Crippen molar-refractivity contribution in [1.29, 1.82) is 0 Å². The highest BCUT2D eigenvalue weighted by Gasteiger charge is 2.14. The van der Waals surface area contributed by atoms with E-state index >= 15 is 0 Å². The number of nitrogens with two attached hydrogens (primary N) is 1. The SMILES string of the molecule is COC(C)c1c(N)cncc1CC(C)C. The van der Waals surface area contributed by atoms with Gasteiger partial charge in [0.15, 0.2) is 0 Å². The van der Waals surface area contributed by atoms with Crippen LogP contribution in [0.2, 0.25) is 0 Å². The van der Waals surface area contributed by atoms with Crippen LogP contribution < -0.4 is 5.73 Å². The van der Waals surface area contributed by atoms with Crippen LogP contribution in [0.5, 0.6) is 0 Å². The number of hydrogen-bond donors (Lipinski definition) is 1. The predicted octanol–water partition coefficient (Wildman–Crippen LogP) is 2.57. The molecule has 1 unspecified atom stereocenters. The first-order valence-electron chi connectivity index (χ1n) is 5.31. The molecule has 1 aromatic heterocycles. The third kappa shape index (κ3) is 2.93. The zero-order chi connectivity index (χ0) is 11.4. The van der Waals surface area contributed by atoms with E-state index in [2.05, 4.69) is 18.8 Å². The Morgan fingerprint density at radius 2 is 2.00 bits per heavy atom. The maximum Gasteiger partial charge on any atom is 0.0816 e. The van der Waals surface area contributed by atoms with Crippen LogP contribution in [-0.4, -0.2) is 12.1 Å². The molecule has 0 aliphatic rings. The molecule has 0 bridgehead atoms. The van der Waals surface area contributed by atoms with E-state index in [0.29, 0.717) is 5.92 Å². The Morgan fingerprint density at radius 1 is 1.33 bits per heavy atom. The van der Waals surface area contributed by atoms with Gasteiger partial charge in [-0.25, -0.2) is 0 Å². The van der Waals surface area contributed by atoms with Gasteiger partial charge in [0.1, 0.15) is 0 Å². The monoisotopic (exact) mass is 208 g/mol. The Kier molecular flexibility index (Phi) is 4.09. The molecule has 2 N–H and O–H groups in total. The summed E-state index contributed by atoms with van der Waals surface area (Å²) in [5.41, 5.74) is 8.93. The first-order valence-corrected chi connectivity index (χ1v) is 5.31. The van der Waals surface area contributed by atoms with Gasteiger partial charge in [0, 0.05) is 18.9 Å². The summed E-state index contributed by atoms with van der Waals surface area (Å²) in [6.07, 6.45) is 4.60. The Labute approximate surface area is 91.7 Å². The van der Waals surface area contributed by atoms with Crippen molar-refractivity contribution in [3.8, 4) is 0 Å². The van der Waals surface area contributed by atoms with Crippen LogP contribution in [0.25, 0.3) is 0 Å². The first-order chi connectivity index (χ1) is 7.06. The second-order valence-corrected chi connectivity index (χ2v) is 4.28. The smallest absolute Gasteiger partial charge is 0.0816 e. The topological polar surface area (TPSA) is 48.1 Å². The minimum Gasteiger partial charge on any atom is -0.397 e. The highest BCUT2D eigenvalue weighted by molar-refractivity contribution is 5.49. The van der Waals surface area contributed by atoms with Gasteiger partial charge in [-0.05, 0) is 24.8 Å². The highest BCUT2D eigenvalue weighted by atomic mass is 16.5. The van der Waals surface area contributed by atoms with Crippen LogP contribution in [0.3, 0.4) is 0 Å². The maximum atomic E-state index is 5.93. The van der Waals surface area contributed by atoms with Crippen LogP contribution in [0, 0.1) is 5.92 Å². The number of nitrogens with zero attached hydrogens (tertiary/aromatic N) is 1. The summed E-state index contributed by atoms with van der Waals surface area (Å²) in [5.74, 6) is 0.594. The molecular formula is C12H20N2O. The highest BCUT2D eigenvalue weighted by Crippen LogP contribution is 2.27. The summed E-state index contributed by atoms with van der Waals surface area (Å²) in [4.78, 5) is 4.13. The van der Waals surface area contributed by atoms with Gasteiger partial charge in [-0.15, -0.1) is 0 Å². The molecule has 0 aliphatic carbocycles. The standard InChI is InChI=1S/C12H20N2O/c1-8(2)5-10-6-14-7-11(13)12(10)9(3)15-4/h6-9H,5,13H2,1-4H3. The molecule has 3 heteroatoms. The fourth-order valence-electron chi connectivity index (χ4n) is 1.75. The lowest BCUT2D eigenvalue weighted by Gasteiger charge is -2.18. The minimum absolute atomic E-state index is 0.0294. The van der Waals surface area contributed by atoms with E-state index in [-0.39, 0.29) is 6.10 Å². The normalized spacial score (nSPS) is 13.1. The zero-order valence-electron chi connectivity index (χ0n) is 9.95. The molecule has 0 fully saturated rings. The van der Waals surface area contributed by atoms with Crippen molar-refractivity contribution in [3.05, 3.63) is 23.5 Å². The lowest BCUT2D eigenvalue weighted by atomic mass is 9.96. The molecule has 0 saturated heterocycles. The Balaban J connectivity index is 3.08. The van der Waals surface area contributed by atoms with Crippen LogP contribution in [0.15, 0.2) is 12.4 Å². The number of hydrogen-bond acceptors (Lipinski definition) is 3. The third-order valence-electron chi connectivity index (χ3n) is 2.49. The minimum atomic E-state index is 0.0294. The molecule has 1 heterocycles. The Morgan fingerprint density at radius 3 is 2.53 bits per heavy atom. The van der Waals surface area contributed by atoms with E-state index in [1.165, 1.54) is 5.56 Å².